The van der Waals surface area contributed by atoms with Crippen molar-refractivity contribution in [2.75, 3.05) is 6.54 Å². The fourth-order valence-electron chi connectivity index (χ4n) is 3.59. The first-order chi connectivity index (χ1) is 13.1. The lowest BCUT2D eigenvalue weighted by Gasteiger charge is -2.20. The first-order valence-corrected chi connectivity index (χ1v) is 10.1. The van der Waals surface area contributed by atoms with Crippen LogP contribution >= 0.6 is 31.9 Å². The number of aliphatic imine (C=N–C) groups is 1. The van der Waals surface area contributed by atoms with E-state index < -0.39 is 6.04 Å². The molecule has 0 fully saturated rings. The molecule has 134 valence electrons. The Bertz CT molecular complexity index is 1240. The van der Waals surface area contributed by atoms with E-state index in [9.17, 15) is 4.79 Å². The van der Waals surface area contributed by atoms with Crippen LogP contribution in [0.5, 0.6) is 0 Å². The van der Waals surface area contributed by atoms with Crippen LogP contribution in [0.3, 0.4) is 0 Å². The lowest BCUT2D eigenvalue weighted by molar-refractivity contribution is -0.122. The molecule has 2 aromatic heterocycles. The van der Waals surface area contributed by atoms with E-state index in [-0.39, 0.29) is 5.91 Å². The van der Waals surface area contributed by atoms with Crippen molar-refractivity contribution in [3.63, 3.8) is 0 Å². The predicted molar refractivity (Wildman–Crippen MR) is 114 cm³/mol. The normalized spacial score (nSPS) is 17.3. The quantitative estimate of drug-likeness (QED) is 0.373. The molecule has 3 N–H and O–H groups in total. The number of aromatic nitrogens is 2. The van der Waals surface area contributed by atoms with Gasteiger partial charge in [0.25, 0.3) is 0 Å². The third kappa shape index (κ3) is 2.82. The molecular formula is C20H14Br2N4O. The van der Waals surface area contributed by atoms with E-state index in [0.717, 1.165) is 47.6 Å². The summed E-state index contributed by atoms with van der Waals surface area (Å²) >= 11 is 6.97. The SMILES string of the molecule is O=C1NCC(c2c[nH]c3cc(Br)ccc23)=N[C@H]1c1c[nH]c2cc(Br)ccc12. The highest BCUT2D eigenvalue weighted by Gasteiger charge is 2.28. The molecule has 1 amide bonds. The van der Waals surface area contributed by atoms with Gasteiger partial charge in [-0.1, -0.05) is 44.0 Å². The van der Waals surface area contributed by atoms with Crippen molar-refractivity contribution in [1.29, 1.82) is 0 Å². The minimum absolute atomic E-state index is 0.0786. The molecule has 1 aliphatic heterocycles. The highest BCUT2D eigenvalue weighted by atomic mass is 79.9. The van der Waals surface area contributed by atoms with E-state index in [1.165, 1.54) is 0 Å². The fraction of sp³-hybridized carbons (Fsp3) is 0.100. The first-order valence-electron chi connectivity index (χ1n) is 8.48. The van der Waals surface area contributed by atoms with Gasteiger partial charge < -0.3 is 15.3 Å². The zero-order chi connectivity index (χ0) is 18.5. The summed E-state index contributed by atoms with van der Waals surface area (Å²) in [5.74, 6) is -0.0786. The van der Waals surface area contributed by atoms with Crippen LogP contribution in [-0.4, -0.2) is 28.1 Å². The fourth-order valence-corrected chi connectivity index (χ4v) is 4.31. The molecule has 27 heavy (non-hydrogen) atoms. The molecule has 0 saturated carbocycles. The van der Waals surface area contributed by atoms with E-state index in [0.29, 0.717) is 6.54 Å². The number of carbonyl (C=O) groups is 1. The molecule has 4 aromatic rings. The van der Waals surface area contributed by atoms with Crippen molar-refractivity contribution in [3.05, 3.63) is 68.9 Å². The summed E-state index contributed by atoms with van der Waals surface area (Å²) in [6.07, 6.45) is 3.83. The summed E-state index contributed by atoms with van der Waals surface area (Å²) < 4.78 is 2.01. The van der Waals surface area contributed by atoms with Gasteiger partial charge in [-0.25, -0.2) is 0 Å². The second-order valence-corrected chi connectivity index (χ2v) is 8.35. The Morgan fingerprint density at radius 1 is 0.926 bits per heavy atom. The number of aromatic amines is 2. The van der Waals surface area contributed by atoms with Crippen molar-refractivity contribution < 1.29 is 4.79 Å². The molecule has 0 aliphatic carbocycles. The average molecular weight is 486 g/mol. The maximum absolute atomic E-state index is 12.6. The van der Waals surface area contributed by atoms with E-state index in [2.05, 4.69) is 53.2 Å². The second-order valence-electron chi connectivity index (χ2n) is 6.52. The average Bonchev–Trinajstić information content (AvgIpc) is 3.25. The Kier molecular flexibility index (Phi) is 3.94. The molecule has 7 heteroatoms. The number of carbonyl (C=O) groups excluding carboxylic acids is 1. The minimum Gasteiger partial charge on any atom is -0.361 e. The number of fused-ring (bicyclic) bond motifs is 2. The summed E-state index contributed by atoms with van der Waals surface area (Å²) in [5.41, 5.74) is 4.79. The molecule has 0 unspecified atom stereocenters. The van der Waals surface area contributed by atoms with Crippen LogP contribution in [0.4, 0.5) is 0 Å². The molecule has 1 atom stereocenters. The number of hydrogen-bond donors (Lipinski definition) is 3. The van der Waals surface area contributed by atoms with Crippen LogP contribution in [0, 0.1) is 0 Å². The van der Waals surface area contributed by atoms with Crippen molar-refractivity contribution in [3.8, 4) is 0 Å². The van der Waals surface area contributed by atoms with Crippen LogP contribution in [0.1, 0.15) is 17.2 Å². The Labute approximate surface area is 171 Å². The number of hydrogen-bond acceptors (Lipinski definition) is 2. The molecular weight excluding hydrogens is 472 g/mol. The lowest BCUT2D eigenvalue weighted by Crippen LogP contribution is -2.38. The zero-order valence-electron chi connectivity index (χ0n) is 14.0. The number of benzene rings is 2. The number of nitrogens with one attached hydrogen (secondary N) is 3. The summed E-state index contributed by atoms with van der Waals surface area (Å²) in [6, 6.07) is 11.5. The van der Waals surface area contributed by atoms with Gasteiger partial charge >= 0.3 is 0 Å². The number of halogens is 2. The monoisotopic (exact) mass is 484 g/mol. The van der Waals surface area contributed by atoms with Crippen molar-refractivity contribution in [2.24, 2.45) is 4.99 Å². The summed E-state index contributed by atoms with van der Waals surface area (Å²) in [4.78, 5) is 23.9. The third-order valence-electron chi connectivity index (χ3n) is 4.89. The van der Waals surface area contributed by atoms with E-state index >= 15 is 0 Å². The predicted octanol–water partition coefficient (Wildman–Crippen LogP) is 4.83. The Morgan fingerprint density at radius 3 is 2.37 bits per heavy atom. The van der Waals surface area contributed by atoms with Crippen molar-refractivity contribution >= 4 is 65.3 Å². The molecule has 0 radical (unpaired) electrons. The summed E-state index contributed by atoms with van der Waals surface area (Å²) in [7, 11) is 0. The third-order valence-corrected chi connectivity index (χ3v) is 5.87. The largest absolute Gasteiger partial charge is 0.361 e. The Morgan fingerprint density at radius 2 is 1.59 bits per heavy atom. The Balaban J connectivity index is 1.62. The number of nitrogens with zero attached hydrogens (tertiary/aromatic N) is 1. The molecule has 5 rings (SSSR count). The van der Waals surface area contributed by atoms with Gasteiger partial charge in [-0.2, -0.15) is 0 Å². The highest BCUT2D eigenvalue weighted by molar-refractivity contribution is 9.10. The highest BCUT2D eigenvalue weighted by Crippen LogP contribution is 2.31. The number of rotatable bonds is 2. The van der Waals surface area contributed by atoms with Crippen molar-refractivity contribution in [1.82, 2.24) is 15.3 Å². The van der Waals surface area contributed by atoms with Gasteiger partial charge in [-0.05, 0) is 24.3 Å². The van der Waals surface area contributed by atoms with Crippen LogP contribution in [0.25, 0.3) is 21.8 Å². The van der Waals surface area contributed by atoms with Gasteiger partial charge in [-0.3, -0.25) is 9.79 Å². The van der Waals surface area contributed by atoms with Gasteiger partial charge in [-0.15, -0.1) is 0 Å². The molecule has 0 saturated heterocycles. The molecule has 0 bridgehead atoms. The first kappa shape index (κ1) is 16.8. The maximum Gasteiger partial charge on any atom is 0.249 e. The van der Waals surface area contributed by atoms with E-state index in [4.69, 9.17) is 4.99 Å². The maximum atomic E-state index is 12.6. The van der Waals surface area contributed by atoms with Crippen molar-refractivity contribution in [2.45, 2.75) is 6.04 Å². The van der Waals surface area contributed by atoms with E-state index in [1.54, 1.807) is 0 Å². The minimum atomic E-state index is -0.566. The van der Waals surface area contributed by atoms with Gasteiger partial charge in [0, 0.05) is 54.3 Å². The van der Waals surface area contributed by atoms with Gasteiger partial charge in [0.05, 0.1) is 12.3 Å². The number of amides is 1. The lowest BCUT2D eigenvalue weighted by atomic mass is 10.0. The summed E-state index contributed by atoms with van der Waals surface area (Å²) in [5, 5.41) is 5.09. The smallest absolute Gasteiger partial charge is 0.249 e. The molecule has 5 nitrogen and oxygen atoms in total. The van der Waals surface area contributed by atoms with Gasteiger partial charge in [0.2, 0.25) is 5.91 Å². The van der Waals surface area contributed by atoms with E-state index in [1.807, 2.05) is 42.7 Å². The van der Waals surface area contributed by atoms with Crippen LogP contribution in [0.15, 0.2) is 62.7 Å². The van der Waals surface area contributed by atoms with Crippen LogP contribution < -0.4 is 5.32 Å². The van der Waals surface area contributed by atoms with Crippen LogP contribution in [-0.2, 0) is 4.79 Å². The molecule has 2 aromatic carbocycles. The molecule has 0 spiro atoms. The summed E-state index contributed by atoms with van der Waals surface area (Å²) in [6.45, 7) is 0.423. The number of H-pyrrole nitrogens is 2. The van der Waals surface area contributed by atoms with Gasteiger partial charge in [0.1, 0.15) is 0 Å². The van der Waals surface area contributed by atoms with Crippen LogP contribution in [0.2, 0.25) is 0 Å². The molecule has 1 aliphatic rings. The standard InChI is InChI=1S/C20H14Br2N4O/c21-10-1-3-12-14(7-23-16(12)5-10)18-9-25-20(27)19(26-18)15-8-24-17-6-11(22)2-4-13(15)17/h1-8,19,23-24H,9H2,(H,25,27)/t19-/m0/s1. The second kappa shape index (κ2) is 6.35. The zero-order valence-corrected chi connectivity index (χ0v) is 17.2. The topological polar surface area (TPSA) is 73.0 Å². The molecule has 3 heterocycles. The van der Waals surface area contributed by atoms with Gasteiger partial charge in [0.15, 0.2) is 6.04 Å². The Hall–Kier alpha value is -2.38.